The van der Waals surface area contributed by atoms with Crippen LogP contribution < -0.4 is 0 Å². The maximum Gasteiger partial charge on any atom is 0.342 e. The molecule has 0 radical (unpaired) electrons. The number of carbonyl (C=O) groups is 1. The molecule has 4 nitrogen and oxygen atoms in total. The van der Waals surface area contributed by atoms with Crippen LogP contribution in [0.1, 0.15) is 22.8 Å². The minimum atomic E-state index is -0.531. The van der Waals surface area contributed by atoms with Crippen molar-refractivity contribution in [3.63, 3.8) is 0 Å². The Labute approximate surface area is 80.7 Å². The zero-order chi connectivity index (χ0) is 10.3. The topological polar surface area (TPSA) is 66.8 Å². The standard InChI is InChI=1S/C10H10O4/c1-5-2-6-3-7(11)4-8(12)9(6)10(13)14-5/h3-5,11-12H,2H2,1H3/t5-/m0/s1. The SMILES string of the molecule is C[C@H]1Cc2cc(O)cc(O)c2C(=O)O1. The van der Waals surface area contributed by atoms with Gasteiger partial charge in [0.1, 0.15) is 23.2 Å². The van der Waals surface area contributed by atoms with E-state index in [1.807, 2.05) is 0 Å². The minimum Gasteiger partial charge on any atom is -0.508 e. The van der Waals surface area contributed by atoms with Gasteiger partial charge >= 0.3 is 5.97 Å². The molecule has 1 aromatic rings. The van der Waals surface area contributed by atoms with Gasteiger partial charge < -0.3 is 14.9 Å². The van der Waals surface area contributed by atoms with E-state index in [0.717, 1.165) is 6.07 Å². The molecular formula is C10H10O4. The molecule has 0 aliphatic carbocycles. The van der Waals surface area contributed by atoms with E-state index in [1.54, 1.807) is 6.92 Å². The molecule has 1 heterocycles. The van der Waals surface area contributed by atoms with Gasteiger partial charge in [-0.25, -0.2) is 4.79 Å². The van der Waals surface area contributed by atoms with Gasteiger partial charge in [0.25, 0.3) is 0 Å². The lowest BCUT2D eigenvalue weighted by molar-refractivity contribution is 0.0297. The second-order valence-corrected chi connectivity index (χ2v) is 3.42. The lowest BCUT2D eigenvalue weighted by atomic mass is 9.98. The molecule has 0 saturated carbocycles. The van der Waals surface area contributed by atoms with Crippen molar-refractivity contribution in [1.82, 2.24) is 0 Å². The van der Waals surface area contributed by atoms with Crippen molar-refractivity contribution >= 4 is 5.97 Å². The fourth-order valence-corrected chi connectivity index (χ4v) is 1.66. The molecule has 2 N–H and O–H groups in total. The number of aromatic hydroxyl groups is 2. The van der Waals surface area contributed by atoms with Crippen LogP contribution in [0.2, 0.25) is 0 Å². The van der Waals surface area contributed by atoms with Gasteiger partial charge in [0.15, 0.2) is 0 Å². The van der Waals surface area contributed by atoms with Gasteiger partial charge in [-0.1, -0.05) is 0 Å². The maximum atomic E-state index is 11.4. The highest BCUT2D eigenvalue weighted by molar-refractivity contribution is 5.95. The van der Waals surface area contributed by atoms with Crippen molar-refractivity contribution in [3.8, 4) is 11.5 Å². The molecule has 74 valence electrons. The Kier molecular flexibility index (Phi) is 1.84. The summed E-state index contributed by atoms with van der Waals surface area (Å²) in [5.74, 6) is -0.795. The van der Waals surface area contributed by atoms with Crippen LogP contribution in [0.5, 0.6) is 11.5 Å². The maximum absolute atomic E-state index is 11.4. The second-order valence-electron chi connectivity index (χ2n) is 3.42. The van der Waals surface area contributed by atoms with E-state index in [0.29, 0.717) is 12.0 Å². The smallest absolute Gasteiger partial charge is 0.342 e. The normalized spacial score (nSPS) is 20.1. The van der Waals surface area contributed by atoms with Gasteiger partial charge in [0.2, 0.25) is 0 Å². The Morgan fingerprint density at radius 2 is 2.14 bits per heavy atom. The molecule has 1 aromatic carbocycles. The number of benzene rings is 1. The molecule has 0 bridgehead atoms. The van der Waals surface area contributed by atoms with Crippen LogP contribution in [0.25, 0.3) is 0 Å². The van der Waals surface area contributed by atoms with Crippen molar-refractivity contribution in [2.45, 2.75) is 19.4 Å². The van der Waals surface area contributed by atoms with Crippen molar-refractivity contribution in [3.05, 3.63) is 23.3 Å². The highest BCUT2D eigenvalue weighted by Gasteiger charge is 2.27. The highest BCUT2D eigenvalue weighted by atomic mass is 16.5. The number of phenols is 2. The summed E-state index contributed by atoms with van der Waals surface area (Å²) in [5, 5.41) is 18.7. The van der Waals surface area contributed by atoms with Crippen LogP contribution >= 0.6 is 0 Å². The molecule has 0 amide bonds. The molecule has 0 unspecified atom stereocenters. The fourth-order valence-electron chi connectivity index (χ4n) is 1.66. The van der Waals surface area contributed by atoms with E-state index < -0.39 is 5.97 Å². The van der Waals surface area contributed by atoms with E-state index in [4.69, 9.17) is 4.74 Å². The van der Waals surface area contributed by atoms with Gasteiger partial charge in [-0.05, 0) is 18.6 Å². The molecule has 4 heteroatoms. The first-order valence-corrected chi connectivity index (χ1v) is 4.34. The molecular weight excluding hydrogens is 184 g/mol. The van der Waals surface area contributed by atoms with E-state index >= 15 is 0 Å². The number of hydrogen-bond donors (Lipinski definition) is 2. The molecule has 1 aliphatic rings. The Bertz CT molecular complexity index is 397. The summed E-state index contributed by atoms with van der Waals surface area (Å²) in [5.41, 5.74) is 0.798. The van der Waals surface area contributed by atoms with E-state index in [-0.39, 0.29) is 23.2 Å². The summed E-state index contributed by atoms with van der Waals surface area (Å²) >= 11 is 0. The highest BCUT2D eigenvalue weighted by Crippen LogP contribution is 2.32. The van der Waals surface area contributed by atoms with Gasteiger partial charge in [-0.3, -0.25) is 0 Å². The number of esters is 1. The summed E-state index contributed by atoms with van der Waals surface area (Å²) in [6, 6.07) is 2.61. The fraction of sp³-hybridized carbons (Fsp3) is 0.300. The largest absolute Gasteiger partial charge is 0.508 e. The summed E-state index contributed by atoms with van der Waals surface area (Å²) in [6.07, 6.45) is 0.305. The Balaban J connectivity index is 2.59. The number of hydrogen-bond acceptors (Lipinski definition) is 4. The van der Waals surface area contributed by atoms with Crippen LogP contribution in [-0.2, 0) is 11.2 Å². The monoisotopic (exact) mass is 194 g/mol. The zero-order valence-corrected chi connectivity index (χ0v) is 7.65. The van der Waals surface area contributed by atoms with E-state index in [2.05, 4.69) is 0 Å². The Morgan fingerprint density at radius 3 is 2.86 bits per heavy atom. The molecule has 14 heavy (non-hydrogen) atoms. The van der Waals surface area contributed by atoms with Crippen LogP contribution in [-0.4, -0.2) is 22.3 Å². The first kappa shape index (κ1) is 8.87. The van der Waals surface area contributed by atoms with Crippen molar-refractivity contribution in [2.75, 3.05) is 0 Å². The first-order valence-electron chi connectivity index (χ1n) is 4.34. The average molecular weight is 194 g/mol. The predicted octanol–water partition coefficient (Wildman–Crippen LogP) is 1.20. The van der Waals surface area contributed by atoms with Gasteiger partial charge in [0, 0.05) is 12.5 Å². The molecule has 0 spiro atoms. The van der Waals surface area contributed by atoms with E-state index in [1.165, 1.54) is 6.07 Å². The Morgan fingerprint density at radius 1 is 1.43 bits per heavy atom. The third-order valence-corrected chi connectivity index (χ3v) is 2.20. The second kappa shape index (κ2) is 2.90. The first-order chi connectivity index (χ1) is 6.58. The molecule has 0 aromatic heterocycles. The average Bonchev–Trinajstić information content (AvgIpc) is 1.99. The van der Waals surface area contributed by atoms with Crippen molar-refractivity contribution < 1.29 is 19.7 Å². The lowest BCUT2D eigenvalue weighted by Gasteiger charge is -2.22. The van der Waals surface area contributed by atoms with Crippen molar-refractivity contribution in [2.24, 2.45) is 0 Å². The summed E-state index contributed by atoms with van der Waals surface area (Å²) < 4.78 is 4.95. The van der Waals surface area contributed by atoms with Crippen LogP contribution in [0.3, 0.4) is 0 Å². The van der Waals surface area contributed by atoms with Gasteiger partial charge in [-0.15, -0.1) is 0 Å². The number of phenolic OH excluding ortho intramolecular Hbond substituents is 2. The third kappa shape index (κ3) is 1.28. The molecule has 0 saturated heterocycles. The van der Waals surface area contributed by atoms with Crippen LogP contribution in [0.4, 0.5) is 0 Å². The lowest BCUT2D eigenvalue weighted by Crippen LogP contribution is -2.25. The number of carbonyl (C=O) groups excluding carboxylic acids is 1. The molecule has 1 aliphatic heterocycles. The minimum absolute atomic E-state index is 0.0387. The number of rotatable bonds is 0. The third-order valence-electron chi connectivity index (χ3n) is 2.20. The number of ether oxygens (including phenoxy) is 1. The summed E-state index contributed by atoms with van der Waals surface area (Å²) in [6.45, 7) is 1.77. The van der Waals surface area contributed by atoms with Crippen LogP contribution in [0, 0.1) is 0 Å². The summed E-state index contributed by atoms with van der Waals surface area (Å²) in [4.78, 5) is 11.4. The van der Waals surface area contributed by atoms with Crippen LogP contribution in [0.15, 0.2) is 12.1 Å². The predicted molar refractivity (Wildman–Crippen MR) is 48.4 cm³/mol. The molecule has 2 rings (SSSR count). The molecule has 1 atom stereocenters. The molecule has 0 fully saturated rings. The Hall–Kier alpha value is -1.71. The zero-order valence-electron chi connectivity index (χ0n) is 7.65. The van der Waals surface area contributed by atoms with Gasteiger partial charge in [-0.2, -0.15) is 0 Å². The van der Waals surface area contributed by atoms with Gasteiger partial charge in [0.05, 0.1) is 0 Å². The summed E-state index contributed by atoms with van der Waals surface area (Å²) in [7, 11) is 0. The van der Waals surface area contributed by atoms with E-state index in [9.17, 15) is 15.0 Å². The number of fused-ring (bicyclic) bond motifs is 1. The quantitative estimate of drug-likeness (QED) is 0.609. The van der Waals surface area contributed by atoms with Crippen molar-refractivity contribution in [1.29, 1.82) is 0 Å². The number of cyclic esters (lactones) is 1.